The monoisotopic (exact) mass is 338 g/mol. The first kappa shape index (κ1) is 16.8. The van der Waals surface area contributed by atoms with Gasteiger partial charge in [-0.15, -0.1) is 0 Å². The Kier molecular flexibility index (Phi) is 4.84. The topological polar surface area (TPSA) is 76.7 Å². The molecule has 25 heavy (non-hydrogen) atoms. The summed E-state index contributed by atoms with van der Waals surface area (Å²) in [5, 5.41) is 10.2. The fraction of sp³-hybridized carbons (Fsp3) is 0.200. The fourth-order valence-corrected chi connectivity index (χ4v) is 2.57. The van der Waals surface area contributed by atoms with Crippen molar-refractivity contribution in [1.82, 2.24) is 0 Å². The third-order valence-electron chi connectivity index (χ3n) is 4.02. The molecule has 3 aromatic rings. The van der Waals surface area contributed by atoms with Gasteiger partial charge in [0.15, 0.2) is 12.4 Å². The second-order valence-electron chi connectivity index (χ2n) is 5.75. The number of esters is 1. The Bertz CT molecular complexity index is 905. The van der Waals surface area contributed by atoms with Gasteiger partial charge < -0.3 is 14.3 Å². The van der Waals surface area contributed by atoms with E-state index in [0.717, 1.165) is 17.4 Å². The highest BCUT2D eigenvalue weighted by Gasteiger charge is 2.14. The van der Waals surface area contributed by atoms with Crippen LogP contribution in [-0.2, 0) is 22.4 Å². The third-order valence-corrected chi connectivity index (χ3v) is 4.02. The fourth-order valence-electron chi connectivity index (χ4n) is 2.57. The van der Waals surface area contributed by atoms with Crippen LogP contribution in [0.4, 0.5) is 0 Å². The van der Waals surface area contributed by atoms with Crippen LogP contribution in [0, 0.1) is 0 Å². The van der Waals surface area contributed by atoms with Gasteiger partial charge in [0.2, 0.25) is 0 Å². The van der Waals surface area contributed by atoms with E-state index in [1.54, 1.807) is 18.2 Å². The lowest BCUT2D eigenvalue weighted by atomic mass is 10.1. The zero-order chi connectivity index (χ0) is 17.8. The molecule has 0 spiro atoms. The molecule has 1 N–H and O–H groups in total. The minimum absolute atomic E-state index is 0.000171. The van der Waals surface area contributed by atoms with E-state index in [-0.39, 0.29) is 24.6 Å². The van der Waals surface area contributed by atoms with Crippen LogP contribution in [0.25, 0.3) is 11.0 Å². The van der Waals surface area contributed by atoms with E-state index in [1.165, 1.54) is 18.4 Å². The van der Waals surface area contributed by atoms with Crippen LogP contribution in [0.1, 0.15) is 28.4 Å². The SMILES string of the molecule is CCc1ccc(C(=O)COC(=O)Cc2coc3cc(O)ccc23)cc1. The number of carbonyl (C=O) groups excluding carboxylic acids is 2. The number of aromatic hydroxyl groups is 1. The Labute approximate surface area is 144 Å². The second kappa shape index (κ2) is 7.21. The quantitative estimate of drug-likeness (QED) is 0.548. The van der Waals surface area contributed by atoms with Crippen LogP contribution < -0.4 is 0 Å². The van der Waals surface area contributed by atoms with Crippen molar-refractivity contribution >= 4 is 22.7 Å². The number of ketones is 1. The van der Waals surface area contributed by atoms with Crippen molar-refractivity contribution in [3.8, 4) is 5.75 Å². The summed E-state index contributed by atoms with van der Waals surface area (Å²) in [6.07, 6.45) is 2.36. The van der Waals surface area contributed by atoms with Gasteiger partial charge in [0.25, 0.3) is 0 Å². The molecule has 0 radical (unpaired) electrons. The second-order valence-corrected chi connectivity index (χ2v) is 5.75. The number of rotatable bonds is 6. The predicted molar refractivity (Wildman–Crippen MR) is 92.7 cm³/mol. The molecular formula is C20H18O5. The van der Waals surface area contributed by atoms with E-state index >= 15 is 0 Å². The normalized spacial score (nSPS) is 10.8. The van der Waals surface area contributed by atoms with E-state index in [4.69, 9.17) is 9.15 Å². The molecule has 0 fully saturated rings. The Morgan fingerprint density at radius 1 is 1.12 bits per heavy atom. The minimum Gasteiger partial charge on any atom is -0.508 e. The third kappa shape index (κ3) is 3.88. The molecule has 1 heterocycles. The van der Waals surface area contributed by atoms with Crippen LogP contribution in [0.15, 0.2) is 53.1 Å². The number of phenolic OH excluding ortho intramolecular Hbond substituents is 1. The highest BCUT2D eigenvalue weighted by molar-refractivity contribution is 5.98. The van der Waals surface area contributed by atoms with E-state index in [1.807, 2.05) is 19.1 Å². The zero-order valence-corrected chi connectivity index (χ0v) is 13.8. The van der Waals surface area contributed by atoms with Gasteiger partial charge >= 0.3 is 5.97 Å². The van der Waals surface area contributed by atoms with Gasteiger partial charge in [-0.05, 0) is 24.1 Å². The van der Waals surface area contributed by atoms with Crippen LogP contribution in [0.5, 0.6) is 5.75 Å². The number of carbonyl (C=O) groups is 2. The predicted octanol–water partition coefficient (Wildman–Crippen LogP) is 3.67. The Morgan fingerprint density at radius 3 is 2.60 bits per heavy atom. The van der Waals surface area contributed by atoms with Crippen molar-refractivity contribution in [2.45, 2.75) is 19.8 Å². The molecule has 0 aliphatic rings. The molecule has 3 rings (SSSR count). The van der Waals surface area contributed by atoms with Gasteiger partial charge in [0, 0.05) is 22.6 Å². The van der Waals surface area contributed by atoms with Gasteiger partial charge in [-0.3, -0.25) is 9.59 Å². The molecule has 1 aromatic heterocycles. The summed E-state index contributed by atoms with van der Waals surface area (Å²) < 4.78 is 10.4. The summed E-state index contributed by atoms with van der Waals surface area (Å²) in [5.41, 5.74) is 2.82. The lowest BCUT2D eigenvalue weighted by Gasteiger charge is -2.05. The first-order valence-corrected chi connectivity index (χ1v) is 8.03. The van der Waals surface area contributed by atoms with Crippen LogP contribution in [0.3, 0.4) is 0 Å². The summed E-state index contributed by atoms with van der Waals surface area (Å²) in [4.78, 5) is 24.1. The first-order chi connectivity index (χ1) is 12.1. The van der Waals surface area contributed by atoms with Crippen molar-refractivity contribution in [1.29, 1.82) is 0 Å². The summed E-state index contributed by atoms with van der Waals surface area (Å²) in [6.45, 7) is 1.75. The Morgan fingerprint density at radius 2 is 1.88 bits per heavy atom. The van der Waals surface area contributed by atoms with Crippen molar-refractivity contribution < 1.29 is 23.8 Å². The molecule has 5 nitrogen and oxygen atoms in total. The molecule has 0 amide bonds. The maximum absolute atomic E-state index is 12.1. The highest BCUT2D eigenvalue weighted by atomic mass is 16.5. The van der Waals surface area contributed by atoms with Crippen molar-refractivity contribution in [3.05, 3.63) is 65.4 Å². The molecule has 128 valence electrons. The molecule has 0 unspecified atom stereocenters. The molecule has 0 bridgehead atoms. The Hall–Kier alpha value is -3.08. The summed E-state index contributed by atoms with van der Waals surface area (Å²) >= 11 is 0. The largest absolute Gasteiger partial charge is 0.508 e. The van der Waals surface area contributed by atoms with Gasteiger partial charge in [0.1, 0.15) is 11.3 Å². The van der Waals surface area contributed by atoms with Gasteiger partial charge in [-0.2, -0.15) is 0 Å². The van der Waals surface area contributed by atoms with E-state index < -0.39 is 5.97 Å². The van der Waals surface area contributed by atoms with E-state index in [9.17, 15) is 14.7 Å². The smallest absolute Gasteiger partial charge is 0.310 e. The van der Waals surface area contributed by atoms with Crippen LogP contribution >= 0.6 is 0 Å². The number of benzene rings is 2. The van der Waals surface area contributed by atoms with Crippen molar-refractivity contribution in [3.63, 3.8) is 0 Å². The standard InChI is InChI=1S/C20H18O5/c1-2-13-3-5-14(6-4-13)18(22)12-25-20(23)9-15-11-24-19-10-16(21)7-8-17(15)19/h3-8,10-11,21H,2,9,12H2,1H3. The maximum atomic E-state index is 12.1. The number of Topliss-reactive ketones (excluding diaryl/α,β-unsaturated/α-hetero) is 1. The molecular weight excluding hydrogens is 320 g/mol. The number of phenols is 1. The lowest BCUT2D eigenvalue weighted by Crippen LogP contribution is -2.15. The number of ether oxygens (including phenoxy) is 1. The molecule has 0 aliphatic carbocycles. The number of hydrogen-bond donors (Lipinski definition) is 1. The highest BCUT2D eigenvalue weighted by Crippen LogP contribution is 2.25. The molecule has 0 aliphatic heterocycles. The summed E-state index contributed by atoms with van der Waals surface area (Å²) in [7, 11) is 0. The number of aryl methyl sites for hydroxylation is 1. The van der Waals surface area contributed by atoms with E-state index in [0.29, 0.717) is 16.7 Å². The number of hydrogen-bond acceptors (Lipinski definition) is 5. The van der Waals surface area contributed by atoms with Gasteiger partial charge in [-0.1, -0.05) is 31.2 Å². The molecule has 0 saturated carbocycles. The molecule has 0 saturated heterocycles. The molecule has 2 aromatic carbocycles. The first-order valence-electron chi connectivity index (χ1n) is 8.03. The zero-order valence-electron chi connectivity index (χ0n) is 13.8. The van der Waals surface area contributed by atoms with Gasteiger partial charge in [-0.25, -0.2) is 0 Å². The molecule has 0 atom stereocenters. The van der Waals surface area contributed by atoms with Crippen LogP contribution in [0.2, 0.25) is 0 Å². The number of fused-ring (bicyclic) bond motifs is 1. The summed E-state index contributed by atoms with van der Waals surface area (Å²) in [6, 6.07) is 11.9. The summed E-state index contributed by atoms with van der Waals surface area (Å²) in [5.74, 6) is -0.650. The van der Waals surface area contributed by atoms with Gasteiger partial charge in [0.05, 0.1) is 12.7 Å². The van der Waals surface area contributed by atoms with Crippen molar-refractivity contribution in [2.24, 2.45) is 0 Å². The number of furan rings is 1. The van der Waals surface area contributed by atoms with E-state index in [2.05, 4.69) is 0 Å². The average Bonchev–Trinajstić information content (AvgIpc) is 3.01. The van der Waals surface area contributed by atoms with Crippen molar-refractivity contribution in [2.75, 3.05) is 6.61 Å². The lowest BCUT2D eigenvalue weighted by molar-refractivity contribution is -0.141. The maximum Gasteiger partial charge on any atom is 0.310 e. The average molecular weight is 338 g/mol. The van der Waals surface area contributed by atoms with Crippen LogP contribution in [-0.4, -0.2) is 23.5 Å². The minimum atomic E-state index is -0.505. The molecule has 5 heteroatoms. The Balaban J connectivity index is 1.59.